The molecule has 1 heterocycles. The molecule has 5 nitrogen and oxygen atoms in total. The number of nitrogens with zero attached hydrogens (tertiary/aromatic N) is 1. The second-order valence-corrected chi connectivity index (χ2v) is 4.85. The maximum absolute atomic E-state index is 11.3. The van der Waals surface area contributed by atoms with Crippen molar-refractivity contribution in [3.05, 3.63) is 46.2 Å². The predicted octanol–water partition coefficient (Wildman–Crippen LogP) is 3.38. The maximum Gasteiger partial charge on any atom is 0.337 e. The third-order valence-electron chi connectivity index (χ3n) is 2.83. The maximum atomic E-state index is 11.3. The van der Waals surface area contributed by atoms with E-state index >= 15 is 0 Å². The first-order valence-electron chi connectivity index (χ1n) is 5.92. The van der Waals surface area contributed by atoms with Crippen LogP contribution in [0.2, 0.25) is 5.02 Å². The van der Waals surface area contributed by atoms with Gasteiger partial charge in [-0.05, 0) is 38.1 Å². The minimum Gasteiger partial charge on any atom is -0.478 e. The fraction of sp³-hybridized carbons (Fsp3) is 0.143. The minimum absolute atomic E-state index is 0.0231. The first-order chi connectivity index (χ1) is 9.38. The van der Waals surface area contributed by atoms with Crippen molar-refractivity contribution in [3.8, 4) is 0 Å². The number of aryl methyl sites for hydroxylation is 2. The number of halogens is 1. The molecule has 104 valence electrons. The summed E-state index contributed by atoms with van der Waals surface area (Å²) in [7, 11) is 0. The third kappa shape index (κ3) is 2.83. The fourth-order valence-corrected chi connectivity index (χ4v) is 2.15. The molecule has 2 rings (SSSR count). The summed E-state index contributed by atoms with van der Waals surface area (Å²) in [4.78, 5) is 15.6. The predicted molar refractivity (Wildman–Crippen MR) is 79.8 cm³/mol. The molecular weight excluding hydrogens is 278 g/mol. The molecule has 6 heteroatoms. The average molecular weight is 292 g/mol. The Bertz CT molecular complexity index is 686. The summed E-state index contributed by atoms with van der Waals surface area (Å²) in [6.45, 7) is 3.72. The SMILES string of the molecule is Cc1ccc(Nc2c(Cl)cc(N)cc2C(=O)O)c(C)n1. The number of hydrogen-bond donors (Lipinski definition) is 3. The monoisotopic (exact) mass is 291 g/mol. The first-order valence-corrected chi connectivity index (χ1v) is 6.30. The molecule has 0 amide bonds. The fourth-order valence-electron chi connectivity index (χ4n) is 1.88. The molecule has 0 aliphatic rings. The van der Waals surface area contributed by atoms with Crippen molar-refractivity contribution in [1.82, 2.24) is 4.98 Å². The summed E-state index contributed by atoms with van der Waals surface area (Å²) >= 11 is 6.09. The Balaban J connectivity index is 2.50. The lowest BCUT2D eigenvalue weighted by atomic mass is 10.1. The van der Waals surface area contributed by atoms with Crippen molar-refractivity contribution in [2.75, 3.05) is 11.1 Å². The molecule has 4 N–H and O–H groups in total. The normalized spacial score (nSPS) is 10.3. The number of rotatable bonds is 3. The van der Waals surface area contributed by atoms with Crippen LogP contribution in [0, 0.1) is 13.8 Å². The molecule has 0 saturated heterocycles. The summed E-state index contributed by atoms with van der Waals surface area (Å²) in [5, 5.41) is 12.5. The van der Waals surface area contributed by atoms with E-state index in [9.17, 15) is 9.90 Å². The Hall–Kier alpha value is -2.27. The lowest BCUT2D eigenvalue weighted by Crippen LogP contribution is -2.06. The van der Waals surface area contributed by atoms with Crippen molar-refractivity contribution >= 4 is 34.6 Å². The van der Waals surface area contributed by atoms with Crippen molar-refractivity contribution in [2.24, 2.45) is 0 Å². The van der Waals surface area contributed by atoms with Gasteiger partial charge in [-0.15, -0.1) is 0 Å². The lowest BCUT2D eigenvalue weighted by Gasteiger charge is -2.14. The topological polar surface area (TPSA) is 88.2 Å². The van der Waals surface area contributed by atoms with Gasteiger partial charge in [-0.3, -0.25) is 4.98 Å². The smallest absolute Gasteiger partial charge is 0.337 e. The van der Waals surface area contributed by atoms with Gasteiger partial charge >= 0.3 is 5.97 Å². The van der Waals surface area contributed by atoms with Gasteiger partial charge in [0.15, 0.2) is 0 Å². The van der Waals surface area contributed by atoms with Crippen molar-refractivity contribution < 1.29 is 9.90 Å². The van der Waals surface area contributed by atoms with E-state index in [0.29, 0.717) is 17.1 Å². The Morgan fingerprint density at radius 3 is 2.65 bits per heavy atom. The largest absolute Gasteiger partial charge is 0.478 e. The summed E-state index contributed by atoms with van der Waals surface area (Å²) in [6.07, 6.45) is 0. The van der Waals surface area contributed by atoms with Crippen LogP contribution in [0.3, 0.4) is 0 Å². The number of carbonyl (C=O) groups is 1. The van der Waals surface area contributed by atoms with E-state index in [2.05, 4.69) is 10.3 Å². The number of anilines is 3. The Morgan fingerprint density at radius 2 is 2.05 bits per heavy atom. The number of nitrogens with two attached hydrogens (primary N) is 1. The van der Waals surface area contributed by atoms with Crippen molar-refractivity contribution in [1.29, 1.82) is 0 Å². The van der Waals surface area contributed by atoms with Gasteiger partial charge in [0, 0.05) is 11.4 Å². The van der Waals surface area contributed by atoms with Crippen LogP contribution in [-0.4, -0.2) is 16.1 Å². The number of carboxylic acids is 1. The molecular formula is C14H14ClN3O2. The summed E-state index contributed by atoms with van der Waals surface area (Å²) in [6, 6.07) is 6.54. The van der Waals surface area contributed by atoms with Gasteiger partial charge in [-0.1, -0.05) is 11.6 Å². The number of nitrogen functional groups attached to an aromatic ring is 1. The number of nitrogens with one attached hydrogen (secondary N) is 1. The Labute approximate surface area is 121 Å². The third-order valence-corrected chi connectivity index (χ3v) is 3.13. The molecule has 2 aromatic rings. The molecule has 0 radical (unpaired) electrons. The molecule has 0 spiro atoms. The molecule has 0 fully saturated rings. The number of pyridine rings is 1. The van der Waals surface area contributed by atoms with E-state index < -0.39 is 5.97 Å². The highest BCUT2D eigenvalue weighted by atomic mass is 35.5. The summed E-state index contributed by atoms with van der Waals surface area (Å²) in [5.41, 5.74) is 8.60. The molecule has 0 atom stereocenters. The average Bonchev–Trinajstić information content (AvgIpc) is 2.34. The quantitative estimate of drug-likeness (QED) is 0.755. The zero-order valence-electron chi connectivity index (χ0n) is 11.1. The number of hydrogen-bond acceptors (Lipinski definition) is 4. The van der Waals surface area contributed by atoms with Gasteiger partial charge in [-0.25, -0.2) is 4.79 Å². The van der Waals surface area contributed by atoms with Gasteiger partial charge in [0.05, 0.1) is 27.7 Å². The minimum atomic E-state index is -1.10. The zero-order chi connectivity index (χ0) is 14.9. The Morgan fingerprint density at radius 1 is 1.35 bits per heavy atom. The molecule has 0 aliphatic heterocycles. The van der Waals surface area contributed by atoms with Crippen LogP contribution in [0.25, 0.3) is 0 Å². The first kappa shape index (κ1) is 14.1. The summed E-state index contributed by atoms with van der Waals surface area (Å²) in [5.74, 6) is -1.10. The molecule has 0 saturated carbocycles. The lowest BCUT2D eigenvalue weighted by molar-refractivity contribution is 0.0698. The van der Waals surface area contributed by atoms with Crippen LogP contribution in [0.1, 0.15) is 21.7 Å². The van der Waals surface area contributed by atoms with E-state index in [-0.39, 0.29) is 10.6 Å². The number of aromatic carboxylic acids is 1. The highest BCUT2D eigenvalue weighted by Gasteiger charge is 2.16. The molecule has 0 bridgehead atoms. The van der Waals surface area contributed by atoms with E-state index in [4.69, 9.17) is 17.3 Å². The molecule has 1 aromatic heterocycles. The van der Waals surface area contributed by atoms with Crippen LogP contribution in [0.15, 0.2) is 24.3 Å². The second-order valence-electron chi connectivity index (χ2n) is 4.44. The van der Waals surface area contributed by atoms with Gasteiger partial charge < -0.3 is 16.2 Å². The van der Waals surface area contributed by atoms with E-state index in [0.717, 1.165) is 11.4 Å². The molecule has 1 aromatic carbocycles. The van der Waals surface area contributed by atoms with Crippen LogP contribution in [-0.2, 0) is 0 Å². The second kappa shape index (κ2) is 5.38. The van der Waals surface area contributed by atoms with Gasteiger partial charge in [-0.2, -0.15) is 0 Å². The standard InChI is InChI=1S/C14H14ClN3O2/c1-7-3-4-12(8(2)17-7)18-13-10(14(19)20)5-9(16)6-11(13)15/h3-6,18H,16H2,1-2H3,(H,19,20). The van der Waals surface area contributed by atoms with Crippen LogP contribution >= 0.6 is 11.6 Å². The van der Waals surface area contributed by atoms with Gasteiger partial charge in [0.2, 0.25) is 0 Å². The van der Waals surface area contributed by atoms with E-state index in [1.807, 2.05) is 26.0 Å². The zero-order valence-corrected chi connectivity index (χ0v) is 11.8. The van der Waals surface area contributed by atoms with Gasteiger partial charge in [0.25, 0.3) is 0 Å². The summed E-state index contributed by atoms with van der Waals surface area (Å²) < 4.78 is 0. The van der Waals surface area contributed by atoms with E-state index in [1.54, 1.807) is 0 Å². The number of aromatic nitrogens is 1. The van der Waals surface area contributed by atoms with Crippen molar-refractivity contribution in [3.63, 3.8) is 0 Å². The van der Waals surface area contributed by atoms with Crippen LogP contribution in [0.4, 0.5) is 17.1 Å². The van der Waals surface area contributed by atoms with Crippen LogP contribution in [0.5, 0.6) is 0 Å². The molecule has 20 heavy (non-hydrogen) atoms. The highest BCUT2D eigenvalue weighted by Crippen LogP contribution is 2.32. The molecule has 0 unspecified atom stereocenters. The molecule has 0 aliphatic carbocycles. The Kier molecular flexibility index (Phi) is 3.81. The van der Waals surface area contributed by atoms with Crippen molar-refractivity contribution in [2.45, 2.75) is 13.8 Å². The van der Waals surface area contributed by atoms with Gasteiger partial charge in [0.1, 0.15) is 0 Å². The number of benzene rings is 1. The van der Waals surface area contributed by atoms with Crippen LogP contribution < -0.4 is 11.1 Å². The number of carboxylic acid groups (broad SMARTS) is 1. The highest BCUT2D eigenvalue weighted by molar-refractivity contribution is 6.34. The van der Waals surface area contributed by atoms with E-state index in [1.165, 1.54) is 12.1 Å².